The van der Waals surface area contributed by atoms with E-state index < -0.39 is 6.61 Å². The molecule has 0 aromatic carbocycles. The van der Waals surface area contributed by atoms with E-state index in [1.807, 2.05) is 22.6 Å². The first-order valence-corrected chi connectivity index (χ1v) is 3.10. The number of hydrogen-bond acceptors (Lipinski definition) is 2. The minimum Gasteiger partial charge on any atom is -0.389 e. The van der Waals surface area contributed by atoms with Crippen molar-refractivity contribution in [3.8, 4) is 9.85 Å². The fraction of sp³-hybridized carbons (Fsp3) is 0.400. The van der Waals surface area contributed by atoms with Gasteiger partial charge >= 0.3 is 0 Å². The molecule has 0 fully saturated rings. The fourth-order valence-electron chi connectivity index (χ4n) is 0.188. The summed E-state index contributed by atoms with van der Waals surface area (Å²) in [4.78, 5) is 10.2. The maximum atomic E-state index is 10.2. The van der Waals surface area contributed by atoms with Crippen LogP contribution in [0, 0.1) is 9.85 Å². The molecule has 8 heavy (non-hydrogen) atoms. The van der Waals surface area contributed by atoms with E-state index in [4.69, 9.17) is 5.11 Å². The molecule has 0 spiro atoms. The van der Waals surface area contributed by atoms with Crippen molar-refractivity contribution in [1.82, 2.24) is 0 Å². The van der Waals surface area contributed by atoms with Crippen LogP contribution in [0.15, 0.2) is 0 Å². The van der Waals surface area contributed by atoms with Gasteiger partial charge in [0.05, 0.1) is 6.42 Å². The van der Waals surface area contributed by atoms with Gasteiger partial charge in [-0.15, -0.1) is 0 Å². The number of ketones is 1. The van der Waals surface area contributed by atoms with Gasteiger partial charge in [0.2, 0.25) is 0 Å². The van der Waals surface area contributed by atoms with Gasteiger partial charge in [0.1, 0.15) is 6.61 Å². The second-order valence-electron chi connectivity index (χ2n) is 1.14. The van der Waals surface area contributed by atoms with Crippen LogP contribution in [0.4, 0.5) is 0 Å². The van der Waals surface area contributed by atoms with E-state index in [9.17, 15) is 4.79 Å². The SMILES string of the molecule is O=C(CO)CC#CI. The van der Waals surface area contributed by atoms with Crippen molar-refractivity contribution in [2.45, 2.75) is 6.42 Å². The predicted molar refractivity (Wildman–Crippen MR) is 38.5 cm³/mol. The summed E-state index contributed by atoms with van der Waals surface area (Å²) in [6, 6.07) is 0. The lowest BCUT2D eigenvalue weighted by Gasteiger charge is -1.81. The second-order valence-corrected chi connectivity index (χ2v) is 1.68. The number of hydrogen-bond donors (Lipinski definition) is 1. The van der Waals surface area contributed by atoms with E-state index >= 15 is 0 Å². The standard InChI is InChI=1S/C5H5IO2/c6-3-1-2-5(8)4-7/h7H,2,4H2. The lowest BCUT2D eigenvalue weighted by atomic mass is 10.3. The molecule has 0 bridgehead atoms. The average molecular weight is 224 g/mol. The van der Waals surface area contributed by atoms with Crippen LogP contribution in [0.1, 0.15) is 6.42 Å². The minimum absolute atomic E-state index is 0.166. The van der Waals surface area contributed by atoms with Gasteiger partial charge in [-0.1, -0.05) is 5.92 Å². The van der Waals surface area contributed by atoms with Crippen molar-refractivity contribution < 1.29 is 9.90 Å². The summed E-state index contributed by atoms with van der Waals surface area (Å²) in [5, 5.41) is 8.14. The molecule has 1 N–H and O–H groups in total. The number of carbonyl (C=O) groups is 1. The summed E-state index contributed by atoms with van der Waals surface area (Å²) >= 11 is 1.84. The second kappa shape index (κ2) is 5.06. The summed E-state index contributed by atoms with van der Waals surface area (Å²) < 4.78 is 2.52. The Bertz CT molecular complexity index is 131. The summed E-state index contributed by atoms with van der Waals surface area (Å²) in [5.41, 5.74) is 0. The van der Waals surface area contributed by atoms with Gasteiger partial charge in [0.15, 0.2) is 5.78 Å². The molecule has 0 aliphatic heterocycles. The van der Waals surface area contributed by atoms with Crippen LogP contribution in [0.2, 0.25) is 0 Å². The summed E-state index contributed by atoms with van der Waals surface area (Å²) in [5.74, 6) is 2.30. The molecule has 44 valence electrons. The molecule has 0 aliphatic rings. The van der Waals surface area contributed by atoms with Crippen LogP contribution in [-0.2, 0) is 4.79 Å². The Kier molecular flexibility index (Phi) is 5.01. The first kappa shape index (κ1) is 7.92. The van der Waals surface area contributed by atoms with E-state index in [0.29, 0.717) is 0 Å². The monoisotopic (exact) mass is 224 g/mol. The van der Waals surface area contributed by atoms with E-state index in [2.05, 4.69) is 9.85 Å². The Labute approximate surface area is 61.4 Å². The van der Waals surface area contributed by atoms with Crippen LogP contribution in [0.25, 0.3) is 0 Å². The van der Waals surface area contributed by atoms with Crippen molar-refractivity contribution in [1.29, 1.82) is 0 Å². The van der Waals surface area contributed by atoms with Crippen LogP contribution in [0.5, 0.6) is 0 Å². The molecule has 0 amide bonds. The zero-order valence-corrected chi connectivity index (χ0v) is 6.31. The van der Waals surface area contributed by atoms with E-state index in [1.165, 1.54) is 0 Å². The number of Topliss-reactive ketones (excluding diaryl/α,β-unsaturated/α-hetero) is 1. The van der Waals surface area contributed by atoms with Gasteiger partial charge in [0.25, 0.3) is 0 Å². The minimum atomic E-state index is -0.398. The van der Waals surface area contributed by atoms with Crippen LogP contribution < -0.4 is 0 Å². The average Bonchev–Trinajstić information content (AvgIpc) is 1.83. The summed E-state index contributed by atoms with van der Waals surface area (Å²) in [6.45, 7) is -0.398. The Hall–Kier alpha value is -0.0800. The van der Waals surface area contributed by atoms with Gasteiger partial charge in [0, 0.05) is 22.6 Å². The third kappa shape index (κ3) is 4.09. The molecule has 2 nitrogen and oxygen atoms in total. The lowest BCUT2D eigenvalue weighted by molar-refractivity contribution is -0.120. The molecule has 0 unspecified atom stereocenters. The molecule has 0 heterocycles. The molecular formula is C5H5IO2. The number of aliphatic hydroxyl groups excluding tert-OH is 1. The Morgan fingerprint density at radius 3 is 2.75 bits per heavy atom. The molecule has 3 heteroatoms. The maximum Gasteiger partial charge on any atom is 0.170 e. The van der Waals surface area contributed by atoms with Crippen LogP contribution in [-0.4, -0.2) is 17.5 Å². The highest BCUT2D eigenvalue weighted by Crippen LogP contribution is 1.79. The topological polar surface area (TPSA) is 37.3 Å². The lowest BCUT2D eigenvalue weighted by Crippen LogP contribution is -2.00. The Balaban J connectivity index is 3.35. The van der Waals surface area contributed by atoms with E-state index in [-0.39, 0.29) is 12.2 Å². The maximum absolute atomic E-state index is 10.2. The zero-order valence-electron chi connectivity index (χ0n) is 4.15. The van der Waals surface area contributed by atoms with Gasteiger partial charge in [-0.25, -0.2) is 0 Å². The normalized spacial score (nSPS) is 7.25. The largest absolute Gasteiger partial charge is 0.389 e. The highest BCUT2D eigenvalue weighted by Gasteiger charge is 1.91. The molecule has 0 saturated heterocycles. The third-order valence-corrected chi connectivity index (χ3v) is 0.910. The van der Waals surface area contributed by atoms with Gasteiger partial charge < -0.3 is 5.11 Å². The first-order chi connectivity index (χ1) is 3.81. The molecule has 0 radical (unpaired) electrons. The van der Waals surface area contributed by atoms with Crippen molar-refractivity contribution >= 4 is 28.4 Å². The van der Waals surface area contributed by atoms with Crippen molar-refractivity contribution in [2.24, 2.45) is 0 Å². The van der Waals surface area contributed by atoms with Gasteiger partial charge in [-0.05, 0) is 3.93 Å². The van der Waals surface area contributed by atoms with Crippen molar-refractivity contribution in [3.63, 3.8) is 0 Å². The molecule has 0 aromatic heterocycles. The third-order valence-electron chi connectivity index (χ3n) is 0.529. The Morgan fingerprint density at radius 2 is 2.38 bits per heavy atom. The van der Waals surface area contributed by atoms with Gasteiger partial charge in [-0.3, -0.25) is 4.79 Å². The number of aliphatic hydroxyl groups is 1. The highest BCUT2D eigenvalue weighted by atomic mass is 127. The quantitative estimate of drug-likeness (QED) is 0.542. The molecular weight excluding hydrogens is 219 g/mol. The summed E-state index contributed by atoms with van der Waals surface area (Å²) in [7, 11) is 0. The summed E-state index contributed by atoms with van der Waals surface area (Å²) in [6.07, 6.45) is 0.166. The van der Waals surface area contributed by atoms with Crippen molar-refractivity contribution in [2.75, 3.05) is 6.61 Å². The molecule has 0 aromatic rings. The van der Waals surface area contributed by atoms with Crippen molar-refractivity contribution in [3.05, 3.63) is 0 Å². The molecule has 0 saturated carbocycles. The fourth-order valence-corrected chi connectivity index (χ4v) is 0.379. The van der Waals surface area contributed by atoms with E-state index in [0.717, 1.165) is 0 Å². The zero-order chi connectivity index (χ0) is 6.41. The smallest absolute Gasteiger partial charge is 0.170 e. The van der Waals surface area contributed by atoms with E-state index in [1.54, 1.807) is 0 Å². The highest BCUT2D eigenvalue weighted by molar-refractivity contribution is 14.1. The molecule has 0 atom stereocenters. The number of rotatable bonds is 2. The number of halogens is 1. The molecule has 0 aliphatic carbocycles. The van der Waals surface area contributed by atoms with Gasteiger partial charge in [-0.2, -0.15) is 0 Å². The van der Waals surface area contributed by atoms with Crippen LogP contribution in [0.3, 0.4) is 0 Å². The Morgan fingerprint density at radius 1 is 1.75 bits per heavy atom. The predicted octanol–water partition coefficient (Wildman–Crippen LogP) is 0.334. The first-order valence-electron chi connectivity index (χ1n) is 2.02. The molecule has 0 rings (SSSR count). The number of carbonyl (C=O) groups excluding carboxylic acids is 1. The van der Waals surface area contributed by atoms with Crippen LogP contribution >= 0.6 is 22.6 Å².